The standard InChI is InChI=1S/C10H18N4O2/c1-7-13-10(16-14-7)6-11-4-8-3-9(15-2)5-12-8/h8-9,11-12H,3-6H2,1-2H3. The van der Waals surface area contributed by atoms with Crippen LogP contribution in [0.25, 0.3) is 0 Å². The van der Waals surface area contributed by atoms with Crippen LogP contribution in [0.2, 0.25) is 0 Å². The summed E-state index contributed by atoms with van der Waals surface area (Å²) in [6, 6.07) is 0.467. The lowest BCUT2D eigenvalue weighted by atomic mass is 10.2. The van der Waals surface area contributed by atoms with Crippen molar-refractivity contribution in [3.8, 4) is 0 Å². The van der Waals surface area contributed by atoms with Gasteiger partial charge in [0.1, 0.15) is 0 Å². The van der Waals surface area contributed by atoms with Gasteiger partial charge in [-0.25, -0.2) is 0 Å². The number of hydrogen-bond acceptors (Lipinski definition) is 6. The first kappa shape index (κ1) is 11.5. The zero-order valence-corrected chi connectivity index (χ0v) is 9.69. The van der Waals surface area contributed by atoms with Crippen LogP contribution < -0.4 is 10.6 Å². The predicted octanol–water partition coefficient (Wildman–Crippen LogP) is -0.155. The van der Waals surface area contributed by atoms with Gasteiger partial charge in [-0.1, -0.05) is 5.16 Å². The molecule has 0 amide bonds. The molecular weight excluding hydrogens is 208 g/mol. The molecule has 0 aliphatic carbocycles. The normalized spacial score (nSPS) is 25.1. The molecule has 2 rings (SSSR count). The van der Waals surface area contributed by atoms with E-state index in [1.165, 1.54) is 0 Å². The van der Waals surface area contributed by atoms with Crippen LogP contribution in [0.4, 0.5) is 0 Å². The number of rotatable bonds is 5. The zero-order chi connectivity index (χ0) is 11.4. The van der Waals surface area contributed by atoms with Crippen molar-refractivity contribution in [3.05, 3.63) is 11.7 Å². The van der Waals surface area contributed by atoms with Gasteiger partial charge in [0.2, 0.25) is 5.89 Å². The van der Waals surface area contributed by atoms with Crippen molar-refractivity contribution in [2.75, 3.05) is 20.2 Å². The highest BCUT2D eigenvalue weighted by molar-refractivity contribution is 4.86. The largest absolute Gasteiger partial charge is 0.380 e. The number of ether oxygens (including phenoxy) is 1. The van der Waals surface area contributed by atoms with Gasteiger partial charge in [0, 0.05) is 26.2 Å². The Bertz CT molecular complexity index is 328. The van der Waals surface area contributed by atoms with Crippen molar-refractivity contribution in [2.45, 2.75) is 32.0 Å². The lowest BCUT2D eigenvalue weighted by Crippen LogP contribution is -2.33. The fraction of sp³-hybridized carbons (Fsp3) is 0.800. The Morgan fingerprint density at radius 1 is 1.62 bits per heavy atom. The second-order valence-corrected chi connectivity index (χ2v) is 4.06. The van der Waals surface area contributed by atoms with E-state index in [9.17, 15) is 0 Å². The molecule has 1 aliphatic heterocycles. The fourth-order valence-electron chi connectivity index (χ4n) is 1.88. The first-order chi connectivity index (χ1) is 7.78. The second kappa shape index (κ2) is 5.38. The number of methoxy groups -OCH3 is 1. The van der Waals surface area contributed by atoms with E-state index in [1.54, 1.807) is 7.11 Å². The Kier molecular flexibility index (Phi) is 3.87. The van der Waals surface area contributed by atoms with E-state index < -0.39 is 0 Å². The van der Waals surface area contributed by atoms with Gasteiger partial charge in [0.05, 0.1) is 12.6 Å². The summed E-state index contributed by atoms with van der Waals surface area (Å²) in [4.78, 5) is 4.12. The summed E-state index contributed by atoms with van der Waals surface area (Å²) in [5, 5.41) is 10.4. The number of nitrogens with zero attached hydrogens (tertiary/aromatic N) is 2. The third-order valence-corrected chi connectivity index (χ3v) is 2.75. The molecule has 0 radical (unpaired) electrons. The molecule has 6 nitrogen and oxygen atoms in total. The lowest BCUT2D eigenvalue weighted by Gasteiger charge is -2.10. The summed E-state index contributed by atoms with van der Waals surface area (Å²) in [7, 11) is 1.75. The van der Waals surface area contributed by atoms with Gasteiger partial charge in [0.25, 0.3) is 0 Å². The van der Waals surface area contributed by atoms with Gasteiger partial charge in [-0.05, 0) is 13.3 Å². The number of nitrogens with one attached hydrogen (secondary N) is 2. The van der Waals surface area contributed by atoms with E-state index in [1.807, 2.05) is 6.92 Å². The third kappa shape index (κ3) is 3.01. The molecule has 1 saturated heterocycles. The molecule has 90 valence electrons. The van der Waals surface area contributed by atoms with E-state index >= 15 is 0 Å². The molecule has 0 bridgehead atoms. The molecule has 2 atom stereocenters. The molecule has 1 aromatic rings. The van der Waals surface area contributed by atoms with E-state index in [0.29, 0.717) is 30.4 Å². The van der Waals surface area contributed by atoms with E-state index in [4.69, 9.17) is 9.26 Å². The van der Waals surface area contributed by atoms with E-state index in [0.717, 1.165) is 19.5 Å². The monoisotopic (exact) mass is 226 g/mol. The smallest absolute Gasteiger partial charge is 0.240 e. The summed E-state index contributed by atoms with van der Waals surface area (Å²) in [5.41, 5.74) is 0. The average molecular weight is 226 g/mol. The Morgan fingerprint density at radius 3 is 3.12 bits per heavy atom. The average Bonchev–Trinajstić information content (AvgIpc) is 2.88. The van der Waals surface area contributed by atoms with Gasteiger partial charge in [-0.15, -0.1) is 0 Å². The van der Waals surface area contributed by atoms with Gasteiger partial charge in [-0.3, -0.25) is 0 Å². The van der Waals surface area contributed by atoms with Crippen LogP contribution in [-0.2, 0) is 11.3 Å². The molecule has 1 aromatic heterocycles. The van der Waals surface area contributed by atoms with Crippen molar-refractivity contribution in [1.82, 2.24) is 20.8 Å². The van der Waals surface area contributed by atoms with Crippen molar-refractivity contribution >= 4 is 0 Å². The highest BCUT2D eigenvalue weighted by Crippen LogP contribution is 2.08. The van der Waals surface area contributed by atoms with Crippen LogP contribution in [0, 0.1) is 6.92 Å². The van der Waals surface area contributed by atoms with Crippen molar-refractivity contribution in [3.63, 3.8) is 0 Å². The number of hydrogen-bond donors (Lipinski definition) is 2. The maximum atomic E-state index is 5.28. The molecule has 1 fully saturated rings. The summed E-state index contributed by atoms with van der Waals surface area (Å²) < 4.78 is 10.3. The van der Waals surface area contributed by atoms with Crippen LogP contribution in [0.3, 0.4) is 0 Å². The first-order valence-electron chi connectivity index (χ1n) is 5.54. The van der Waals surface area contributed by atoms with Gasteiger partial charge in [-0.2, -0.15) is 4.98 Å². The lowest BCUT2D eigenvalue weighted by molar-refractivity contribution is 0.117. The Morgan fingerprint density at radius 2 is 2.50 bits per heavy atom. The van der Waals surface area contributed by atoms with Crippen LogP contribution >= 0.6 is 0 Å². The topological polar surface area (TPSA) is 72.2 Å². The van der Waals surface area contributed by atoms with Gasteiger partial charge < -0.3 is 19.9 Å². The minimum atomic E-state index is 0.345. The van der Waals surface area contributed by atoms with Gasteiger partial charge >= 0.3 is 0 Å². The quantitative estimate of drug-likeness (QED) is 0.727. The zero-order valence-electron chi connectivity index (χ0n) is 9.69. The SMILES string of the molecule is COC1CNC(CNCc2nc(C)no2)C1. The van der Waals surface area contributed by atoms with Crippen molar-refractivity contribution < 1.29 is 9.26 Å². The predicted molar refractivity (Wildman–Crippen MR) is 57.9 cm³/mol. The van der Waals surface area contributed by atoms with E-state index in [-0.39, 0.29) is 0 Å². The molecule has 0 spiro atoms. The van der Waals surface area contributed by atoms with Gasteiger partial charge in [0.15, 0.2) is 5.82 Å². The summed E-state index contributed by atoms with van der Waals surface area (Å²) in [6.07, 6.45) is 1.39. The summed E-state index contributed by atoms with van der Waals surface area (Å²) in [6.45, 7) is 4.26. The first-order valence-corrected chi connectivity index (χ1v) is 5.54. The molecule has 0 aromatic carbocycles. The number of aromatic nitrogens is 2. The van der Waals surface area contributed by atoms with Crippen LogP contribution in [-0.4, -0.2) is 42.5 Å². The van der Waals surface area contributed by atoms with Crippen molar-refractivity contribution in [2.24, 2.45) is 0 Å². The fourth-order valence-corrected chi connectivity index (χ4v) is 1.88. The minimum Gasteiger partial charge on any atom is -0.380 e. The molecule has 2 N–H and O–H groups in total. The van der Waals surface area contributed by atoms with E-state index in [2.05, 4.69) is 20.8 Å². The third-order valence-electron chi connectivity index (χ3n) is 2.75. The second-order valence-electron chi connectivity index (χ2n) is 4.06. The maximum Gasteiger partial charge on any atom is 0.240 e. The summed E-state index contributed by atoms with van der Waals surface area (Å²) in [5.74, 6) is 1.31. The number of aryl methyl sites for hydroxylation is 1. The Hall–Kier alpha value is -0.980. The maximum absolute atomic E-state index is 5.28. The summed E-state index contributed by atoms with van der Waals surface area (Å²) >= 11 is 0. The van der Waals surface area contributed by atoms with Crippen LogP contribution in [0.15, 0.2) is 4.52 Å². The highest BCUT2D eigenvalue weighted by Gasteiger charge is 2.23. The molecule has 6 heteroatoms. The molecule has 0 saturated carbocycles. The van der Waals surface area contributed by atoms with Crippen LogP contribution in [0.5, 0.6) is 0 Å². The Balaban J connectivity index is 1.65. The molecule has 2 heterocycles. The molecule has 1 aliphatic rings. The molecule has 16 heavy (non-hydrogen) atoms. The van der Waals surface area contributed by atoms with Crippen molar-refractivity contribution in [1.29, 1.82) is 0 Å². The van der Waals surface area contributed by atoms with Crippen LogP contribution in [0.1, 0.15) is 18.1 Å². The Labute approximate surface area is 94.7 Å². The minimum absolute atomic E-state index is 0.345. The molecule has 2 unspecified atom stereocenters. The molecular formula is C10H18N4O2. The highest BCUT2D eigenvalue weighted by atomic mass is 16.5.